The van der Waals surface area contributed by atoms with Crippen LogP contribution in [0.15, 0.2) is 0 Å². The number of rotatable bonds is 1. The first-order valence-electron chi connectivity index (χ1n) is 10.8. The quantitative estimate of drug-likeness (QED) is 0.495. The van der Waals surface area contributed by atoms with E-state index in [0.717, 1.165) is 36.0 Å². The zero-order chi connectivity index (χ0) is 18.0. The minimum Gasteiger partial charge on any atom is -0.626 e. The van der Waals surface area contributed by atoms with E-state index in [0.29, 0.717) is 5.92 Å². The first-order chi connectivity index (χ1) is 11.7. The summed E-state index contributed by atoms with van der Waals surface area (Å²) in [5.74, 6) is 5.22. The van der Waals surface area contributed by atoms with Crippen LogP contribution in [0, 0.1) is 52.0 Å². The molecule has 0 spiro atoms. The van der Waals surface area contributed by atoms with Crippen LogP contribution < -0.4 is 0 Å². The van der Waals surface area contributed by atoms with Crippen molar-refractivity contribution in [3.05, 3.63) is 5.21 Å². The zero-order valence-electron chi connectivity index (χ0n) is 16.7. The Balaban J connectivity index is 1.55. The summed E-state index contributed by atoms with van der Waals surface area (Å²) in [5.41, 5.74) is 0.0903. The molecule has 1 amide bonds. The molecule has 0 heterocycles. The van der Waals surface area contributed by atoms with Crippen LogP contribution in [0.4, 0.5) is 0 Å². The highest BCUT2D eigenvalue weighted by Gasteiger charge is 2.59. The van der Waals surface area contributed by atoms with Crippen LogP contribution in [-0.4, -0.2) is 24.6 Å². The van der Waals surface area contributed by atoms with Crippen LogP contribution in [0.5, 0.6) is 0 Å². The van der Waals surface area contributed by atoms with Crippen LogP contribution in [-0.2, 0) is 4.79 Å². The molecule has 3 heteroatoms. The smallest absolute Gasteiger partial charge is 0.316 e. The Morgan fingerprint density at radius 2 is 1.68 bits per heavy atom. The molecule has 0 N–H and O–H groups in total. The predicted molar refractivity (Wildman–Crippen MR) is 100 cm³/mol. The van der Waals surface area contributed by atoms with E-state index < -0.39 is 4.65 Å². The van der Waals surface area contributed by atoms with Gasteiger partial charge in [0, 0.05) is 0 Å². The van der Waals surface area contributed by atoms with Gasteiger partial charge in [-0.3, -0.25) is 0 Å². The van der Waals surface area contributed by atoms with Crippen molar-refractivity contribution in [2.24, 2.45) is 46.8 Å². The first kappa shape index (κ1) is 18.0. The fourth-order valence-corrected chi connectivity index (χ4v) is 7.87. The number of carbonyl (C=O) groups excluding carboxylic acids is 1. The number of hydrogen-bond donors (Lipinski definition) is 0. The van der Waals surface area contributed by atoms with Crippen molar-refractivity contribution in [1.82, 2.24) is 0 Å². The molecule has 0 aromatic heterocycles. The molecular formula is C22H37NO2. The molecular weight excluding hydrogens is 310 g/mol. The Labute approximate surface area is 153 Å². The van der Waals surface area contributed by atoms with Crippen LogP contribution in [0.1, 0.15) is 71.6 Å². The Morgan fingerprint density at radius 1 is 0.960 bits per heavy atom. The van der Waals surface area contributed by atoms with E-state index in [-0.39, 0.29) is 17.2 Å². The number of fused-ring (bicyclic) bond motifs is 5. The van der Waals surface area contributed by atoms with Gasteiger partial charge in [-0.05, 0) is 92.3 Å². The van der Waals surface area contributed by atoms with E-state index in [9.17, 15) is 10.0 Å². The summed E-state index contributed by atoms with van der Waals surface area (Å²) < 4.78 is -0.746. The van der Waals surface area contributed by atoms with E-state index in [4.69, 9.17) is 0 Å². The number of quaternary nitrogens is 1. The molecule has 4 rings (SSSR count). The van der Waals surface area contributed by atoms with E-state index in [2.05, 4.69) is 13.8 Å². The summed E-state index contributed by atoms with van der Waals surface area (Å²) in [6.45, 7) is 4.80. The third-order valence-corrected chi connectivity index (χ3v) is 9.05. The van der Waals surface area contributed by atoms with Crippen molar-refractivity contribution in [1.29, 1.82) is 0 Å². The molecule has 4 saturated carbocycles. The lowest BCUT2D eigenvalue weighted by atomic mass is 9.49. The normalized spacial score (nSPS) is 49.9. The third kappa shape index (κ3) is 2.81. The second kappa shape index (κ2) is 6.05. The second-order valence-electron chi connectivity index (χ2n) is 10.7. The largest absolute Gasteiger partial charge is 0.626 e. The number of nitrogens with zero attached hydrogens (tertiary/aromatic N) is 1. The maximum Gasteiger partial charge on any atom is 0.316 e. The Bertz CT molecular complexity index is 539. The molecule has 4 aliphatic carbocycles. The second-order valence-corrected chi connectivity index (χ2v) is 10.7. The highest BCUT2D eigenvalue weighted by molar-refractivity contribution is 5.73. The van der Waals surface area contributed by atoms with Gasteiger partial charge in [-0.2, -0.15) is 0 Å². The van der Waals surface area contributed by atoms with Gasteiger partial charge in [0.15, 0.2) is 0 Å². The number of hydroxylamine groups is 3. The Hall–Kier alpha value is -0.410. The van der Waals surface area contributed by atoms with Gasteiger partial charge in [0.05, 0.1) is 20.0 Å². The maximum absolute atomic E-state index is 12.8. The van der Waals surface area contributed by atoms with E-state index in [1.807, 2.05) is 0 Å². The molecule has 0 saturated heterocycles. The summed E-state index contributed by atoms with van der Waals surface area (Å²) in [4.78, 5) is 12.8. The lowest BCUT2D eigenvalue weighted by Gasteiger charge is -2.56. The average molecular weight is 348 g/mol. The van der Waals surface area contributed by atoms with Crippen LogP contribution in [0.25, 0.3) is 0 Å². The minimum absolute atomic E-state index is 0.00458. The number of hydrogen-bond acceptors (Lipinski definition) is 2. The summed E-state index contributed by atoms with van der Waals surface area (Å²) in [7, 11) is 3.03. The number of amides is 1. The third-order valence-electron chi connectivity index (χ3n) is 9.05. The van der Waals surface area contributed by atoms with Crippen LogP contribution in [0.3, 0.4) is 0 Å². The van der Waals surface area contributed by atoms with E-state index in [1.54, 1.807) is 0 Å². The van der Waals surface area contributed by atoms with Crippen molar-refractivity contribution in [2.75, 3.05) is 14.1 Å². The van der Waals surface area contributed by atoms with Gasteiger partial charge in [0.2, 0.25) is 0 Å². The summed E-state index contributed by atoms with van der Waals surface area (Å²) in [6, 6.07) is 0. The fraction of sp³-hybridized carbons (Fsp3) is 0.955. The van der Waals surface area contributed by atoms with Gasteiger partial charge in [0.1, 0.15) is 0 Å². The molecule has 4 fully saturated rings. The van der Waals surface area contributed by atoms with Crippen LogP contribution in [0.2, 0.25) is 0 Å². The van der Waals surface area contributed by atoms with Crippen molar-refractivity contribution >= 4 is 5.91 Å². The molecule has 0 aromatic carbocycles. The summed E-state index contributed by atoms with van der Waals surface area (Å²) in [6.07, 6.45) is 11.8. The SMILES string of the molecule is CC1CCC2C(CC[C@@H]3[C@@H]2CC[C@]2(C)C(C(=O)[N+](C)(C)[O-])CC[C@@H]32)C1. The van der Waals surface area contributed by atoms with Gasteiger partial charge in [-0.1, -0.05) is 20.3 Å². The zero-order valence-corrected chi connectivity index (χ0v) is 16.7. The average Bonchev–Trinajstić information content (AvgIpc) is 2.89. The van der Waals surface area contributed by atoms with E-state index in [1.165, 1.54) is 65.5 Å². The highest BCUT2D eigenvalue weighted by Crippen LogP contribution is 2.64. The standard InChI is InChI=1S/C22H37NO2/c1-14-5-7-16-15(13-14)6-8-18-17(16)11-12-22(2)19(18)9-10-20(22)21(24)23(3,4)25/h14-20H,5-13H2,1-4H3/t14?,15?,16?,17-,18-,19+,20?,22+/m1/s1. The summed E-state index contributed by atoms with van der Waals surface area (Å²) >= 11 is 0. The minimum atomic E-state index is -0.746. The van der Waals surface area contributed by atoms with Crippen molar-refractivity contribution in [3.63, 3.8) is 0 Å². The molecule has 0 aromatic rings. The molecule has 0 bridgehead atoms. The number of carbonyl (C=O) groups is 1. The topological polar surface area (TPSA) is 40.1 Å². The molecule has 4 aliphatic rings. The predicted octanol–water partition coefficient (Wildman–Crippen LogP) is 4.99. The molecule has 0 aliphatic heterocycles. The van der Waals surface area contributed by atoms with Gasteiger partial charge in [-0.25, -0.2) is 4.79 Å². The van der Waals surface area contributed by atoms with Gasteiger partial charge in [-0.15, -0.1) is 0 Å². The van der Waals surface area contributed by atoms with Gasteiger partial charge in [0.25, 0.3) is 0 Å². The first-order valence-corrected chi connectivity index (χ1v) is 10.8. The molecule has 25 heavy (non-hydrogen) atoms. The summed E-state index contributed by atoms with van der Waals surface area (Å²) in [5, 5.41) is 12.3. The lowest BCUT2D eigenvalue weighted by molar-refractivity contribution is -0.762. The Morgan fingerprint density at radius 3 is 2.40 bits per heavy atom. The van der Waals surface area contributed by atoms with E-state index >= 15 is 0 Å². The van der Waals surface area contributed by atoms with Crippen molar-refractivity contribution in [3.8, 4) is 0 Å². The molecule has 3 nitrogen and oxygen atoms in total. The van der Waals surface area contributed by atoms with Gasteiger partial charge < -0.3 is 9.85 Å². The van der Waals surface area contributed by atoms with Crippen LogP contribution >= 0.6 is 0 Å². The monoisotopic (exact) mass is 347 g/mol. The highest BCUT2D eigenvalue weighted by atomic mass is 16.6. The molecule has 8 atom stereocenters. The van der Waals surface area contributed by atoms with Crippen molar-refractivity contribution < 1.29 is 9.44 Å². The van der Waals surface area contributed by atoms with Gasteiger partial charge >= 0.3 is 5.91 Å². The molecule has 142 valence electrons. The van der Waals surface area contributed by atoms with Crippen molar-refractivity contribution in [2.45, 2.75) is 71.6 Å². The molecule has 4 unspecified atom stereocenters. The Kier molecular flexibility index (Phi) is 4.35. The molecule has 0 radical (unpaired) electrons. The lowest BCUT2D eigenvalue weighted by Crippen LogP contribution is -2.52. The fourth-order valence-electron chi connectivity index (χ4n) is 7.87. The maximum atomic E-state index is 12.8.